The van der Waals surface area contributed by atoms with Gasteiger partial charge in [0.05, 0.1) is 0 Å². The molecular weight excluding hydrogens is 320 g/mol. The molecule has 0 spiro atoms. The third kappa shape index (κ3) is 5.48. The largest absolute Gasteiger partial charge is 0.341 e. The summed E-state index contributed by atoms with van der Waals surface area (Å²) in [4.78, 5) is 39.6. The van der Waals surface area contributed by atoms with E-state index in [0.29, 0.717) is 37.4 Å². The first kappa shape index (κ1) is 18.8. The van der Waals surface area contributed by atoms with E-state index in [0.717, 1.165) is 6.42 Å². The van der Waals surface area contributed by atoms with Crippen LogP contribution in [0.15, 0.2) is 24.3 Å². The molecule has 4 amide bonds. The number of carbonyl (C=O) groups excluding carboxylic acids is 3. The van der Waals surface area contributed by atoms with Gasteiger partial charge in [0.25, 0.3) is 5.91 Å². The zero-order chi connectivity index (χ0) is 18.4. The van der Waals surface area contributed by atoms with E-state index in [4.69, 9.17) is 0 Å². The van der Waals surface area contributed by atoms with Crippen LogP contribution in [0.1, 0.15) is 37.6 Å². The van der Waals surface area contributed by atoms with Gasteiger partial charge in [-0.05, 0) is 38.5 Å². The lowest BCUT2D eigenvalue weighted by Crippen LogP contribution is -2.36. The van der Waals surface area contributed by atoms with Crippen LogP contribution >= 0.6 is 0 Å². The topological polar surface area (TPSA) is 81.8 Å². The number of urea groups is 1. The van der Waals surface area contributed by atoms with Gasteiger partial charge >= 0.3 is 6.03 Å². The SMILES string of the molecule is CC(=O)N1CCCN(C(=O)c2cccc(NC(=O)NC(C)C)c2)CC1. The minimum absolute atomic E-state index is 0.0335. The number of hydrogen-bond acceptors (Lipinski definition) is 3. The fourth-order valence-electron chi connectivity index (χ4n) is 2.78. The Morgan fingerprint density at radius 2 is 1.72 bits per heavy atom. The van der Waals surface area contributed by atoms with Crippen LogP contribution in [0.4, 0.5) is 10.5 Å². The van der Waals surface area contributed by atoms with Crippen LogP contribution in [-0.4, -0.2) is 59.9 Å². The molecule has 1 aliphatic rings. The predicted octanol–water partition coefficient (Wildman–Crippen LogP) is 1.91. The molecule has 1 aromatic carbocycles. The van der Waals surface area contributed by atoms with Crippen molar-refractivity contribution in [3.8, 4) is 0 Å². The van der Waals surface area contributed by atoms with E-state index in [1.807, 2.05) is 13.8 Å². The average Bonchev–Trinajstić information content (AvgIpc) is 2.79. The first-order valence-corrected chi connectivity index (χ1v) is 8.59. The quantitative estimate of drug-likeness (QED) is 0.877. The highest BCUT2D eigenvalue weighted by atomic mass is 16.2. The Labute approximate surface area is 148 Å². The summed E-state index contributed by atoms with van der Waals surface area (Å²) in [6.45, 7) is 7.67. The Kier molecular flexibility index (Phi) is 6.38. The molecule has 25 heavy (non-hydrogen) atoms. The Balaban J connectivity index is 2.03. The predicted molar refractivity (Wildman–Crippen MR) is 96.5 cm³/mol. The number of benzene rings is 1. The first-order chi connectivity index (χ1) is 11.9. The normalized spacial score (nSPS) is 14.9. The summed E-state index contributed by atoms with van der Waals surface area (Å²) >= 11 is 0. The fourth-order valence-corrected chi connectivity index (χ4v) is 2.78. The van der Waals surface area contributed by atoms with E-state index < -0.39 is 0 Å². The molecule has 0 saturated carbocycles. The molecule has 1 aromatic rings. The van der Waals surface area contributed by atoms with E-state index in [9.17, 15) is 14.4 Å². The lowest BCUT2D eigenvalue weighted by Gasteiger charge is -2.21. The second-order valence-corrected chi connectivity index (χ2v) is 6.49. The lowest BCUT2D eigenvalue weighted by molar-refractivity contribution is -0.128. The maximum Gasteiger partial charge on any atom is 0.319 e. The van der Waals surface area contributed by atoms with E-state index in [2.05, 4.69) is 10.6 Å². The molecule has 7 heteroatoms. The highest BCUT2D eigenvalue weighted by molar-refractivity contribution is 5.97. The second kappa shape index (κ2) is 8.50. The minimum Gasteiger partial charge on any atom is -0.341 e. The van der Waals surface area contributed by atoms with Crippen LogP contribution < -0.4 is 10.6 Å². The van der Waals surface area contributed by atoms with Crippen LogP contribution in [0.2, 0.25) is 0 Å². The zero-order valence-electron chi connectivity index (χ0n) is 15.0. The molecule has 2 N–H and O–H groups in total. The minimum atomic E-state index is -0.300. The van der Waals surface area contributed by atoms with Gasteiger partial charge in [-0.1, -0.05) is 6.07 Å². The van der Waals surface area contributed by atoms with Crippen molar-refractivity contribution < 1.29 is 14.4 Å². The molecule has 0 aromatic heterocycles. The van der Waals surface area contributed by atoms with Gasteiger partial charge in [0.1, 0.15) is 0 Å². The molecule has 1 fully saturated rings. The van der Waals surface area contributed by atoms with E-state index in [1.54, 1.807) is 41.0 Å². The van der Waals surface area contributed by atoms with Crippen molar-refractivity contribution >= 4 is 23.5 Å². The average molecular weight is 346 g/mol. The number of carbonyl (C=O) groups is 3. The summed E-state index contributed by atoms with van der Waals surface area (Å²) in [5, 5.41) is 5.48. The Morgan fingerprint density at radius 1 is 1.04 bits per heavy atom. The molecule has 1 saturated heterocycles. The standard InChI is InChI=1S/C18H26N4O3/c1-13(2)19-18(25)20-16-7-4-6-15(12-16)17(24)22-9-5-8-21(10-11-22)14(3)23/h4,6-7,12-13H,5,8-11H2,1-3H3,(H2,19,20,25). The van der Waals surface area contributed by atoms with Gasteiger partial charge in [-0.2, -0.15) is 0 Å². The highest BCUT2D eigenvalue weighted by Crippen LogP contribution is 2.14. The maximum atomic E-state index is 12.7. The van der Waals surface area contributed by atoms with Crippen molar-refractivity contribution in [3.63, 3.8) is 0 Å². The van der Waals surface area contributed by atoms with Crippen molar-refractivity contribution in [3.05, 3.63) is 29.8 Å². The Bertz CT molecular complexity index is 645. The number of nitrogens with one attached hydrogen (secondary N) is 2. The maximum absolute atomic E-state index is 12.7. The summed E-state index contributed by atoms with van der Waals surface area (Å²) in [5.41, 5.74) is 1.10. The van der Waals surface area contributed by atoms with E-state index in [-0.39, 0.29) is 23.9 Å². The molecule has 0 unspecified atom stereocenters. The van der Waals surface area contributed by atoms with Gasteiger partial charge in [-0.15, -0.1) is 0 Å². The van der Waals surface area contributed by atoms with Crippen molar-refractivity contribution in [2.45, 2.75) is 33.2 Å². The van der Waals surface area contributed by atoms with Crippen LogP contribution in [-0.2, 0) is 4.79 Å². The Hall–Kier alpha value is -2.57. The monoisotopic (exact) mass is 346 g/mol. The molecule has 7 nitrogen and oxygen atoms in total. The molecule has 2 rings (SSSR count). The van der Waals surface area contributed by atoms with Crippen LogP contribution in [0.25, 0.3) is 0 Å². The number of amides is 4. The third-order valence-electron chi connectivity index (χ3n) is 4.02. The van der Waals surface area contributed by atoms with Crippen molar-refractivity contribution in [1.29, 1.82) is 0 Å². The van der Waals surface area contributed by atoms with E-state index >= 15 is 0 Å². The molecule has 0 radical (unpaired) electrons. The van der Waals surface area contributed by atoms with Gasteiger partial charge in [0, 0.05) is 50.4 Å². The Morgan fingerprint density at radius 3 is 2.40 bits per heavy atom. The molecule has 0 atom stereocenters. The zero-order valence-corrected chi connectivity index (χ0v) is 15.0. The summed E-state index contributed by atoms with van der Waals surface area (Å²) < 4.78 is 0. The number of rotatable bonds is 3. The smallest absolute Gasteiger partial charge is 0.319 e. The van der Waals surface area contributed by atoms with Gasteiger partial charge < -0.3 is 20.4 Å². The first-order valence-electron chi connectivity index (χ1n) is 8.59. The number of anilines is 1. The van der Waals surface area contributed by atoms with Gasteiger partial charge in [0.2, 0.25) is 5.91 Å². The molecule has 0 bridgehead atoms. The summed E-state index contributed by atoms with van der Waals surface area (Å²) in [5.74, 6) is -0.0463. The van der Waals surface area contributed by atoms with Crippen molar-refractivity contribution in [2.75, 3.05) is 31.5 Å². The second-order valence-electron chi connectivity index (χ2n) is 6.49. The van der Waals surface area contributed by atoms with Crippen LogP contribution in [0, 0.1) is 0 Å². The number of hydrogen-bond donors (Lipinski definition) is 2. The van der Waals surface area contributed by atoms with Gasteiger partial charge in [-0.25, -0.2) is 4.79 Å². The van der Waals surface area contributed by atoms with Crippen LogP contribution in [0.5, 0.6) is 0 Å². The summed E-state index contributed by atoms with van der Waals surface area (Å²) in [7, 11) is 0. The molecule has 0 aliphatic carbocycles. The molecule has 136 valence electrons. The highest BCUT2D eigenvalue weighted by Gasteiger charge is 2.21. The van der Waals surface area contributed by atoms with Crippen molar-refractivity contribution in [1.82, 2.24) is 15.1 Å². The van der Waals surface area contributed by atoms with Crippen molar-refractivity contribution in [2.24, 2.45) is 0 Å². The van der Waals surface area contributed by atoms with Gasteiger partial charge in [-0.3, -0.25) is 9.59 Å². The molecule has 1 heterocycles. The van der Waals surface area contributed by atoms with Crippen LogP contribution in [0.3, 0.4) is 0 Å². The van der Waals surface area contributed by atoms with E-state index in [1.165, 1.54) is 0 Å². The van der Waals surface area contributed by atoms with Gasteiger partial charge in [0.15, 0.2) is 0 Å². The lowest BCUT2D eigenvalue weighted by atomic mass is 10.1. The third-order valence-corrected chi connectivity index (χ3v) is 4.02. The summed E-state index contributed by atoms with van der Waals surface area (Å²) in [6, 6.07) is 6.64. The number of nitrogens with zero attached hydrogens (tertiary/aromatic N) is 2. The molecular formula is C18H26N4O3. The molecule has 1 aliphatic heterocycles. The summed E-state index contributed by atoms with van der Waals surface area (Å²) in [6.07, 6.45) is 0.764. The fraction of sp³-hybridized carbons (Fsp3) is 0.500.